The van der Waals surface area contributed by atoms with Crippen molar-refractivity contribution in [3.63, 3.8) is 0 Å². The molecule has 0 fully saturated rings. The quantitative estimate of drug-likeness (QED) is 0.695. The van der Waals surface area contributed by atoms with Crippen molar-refractivity contribution >= 4 is 5.97 Å². The van der Waals surface area contributed by atoms with Crippen molar-refractivity contribution in [2.24, 2.45) is 7.05 Å². The number of methoxy groups -OCH3 is 1. The van der Waals surface area contributed by atoms with E-state index in [4.69, 9.17) is 9.47 Å². The molecule has 130 valence electrons. The van der Waals surface area contributed by atoms with Crippen LogP contribution in [0.1, 0.15) is 60.1 Å². The third-order valence-electron chi connectivity index (χ3n) is 3.96. The number of rotatable bonds is 8. The van der Waals surface area contributed by atoms with E-state index in [0.29, 0.717) is 12.2 Å². The van der Waals surface area contributed by atoms with Gasteiger partial charge in [-0.3, -0.25) is 4.68 Å². The molecule has 0 aliphatic rings. The molecule has 0 saturated heterocycles. The van der Waals surface area contributed by atoms with Gasteiger partial charge >= 0.3 is 5.97 Å². The van der Waals surface area contributed by atoms with Crippen molar-refractivity contribution in [1.29, 1.82) is 0 Å². The highest BCUT2D eigenvalue weighted by Crippen LogP contribution is 2.24. The van der Waals surface area contributed by atoms with Crippen LogP contribution >= 0.6 is 0 Å². The molecule has 0 saturated carbocycles. The number of carbonyl (C=O) groups excluding carboxylic acids is 1. The lowest BCUT2D eigenvalue weighted by Crippen LogP contribution is -2.08. The van der Waals surface area contributed by atoms with Gasteiger partial charge in [0.05, 0.1) is 25.0 Å². The van der Waals surface area contributed by atoms with E-state index in [9.17, 15) is 4.79 Å². The lowest BCUT2D eigenvalue weighted by atomic mass is 10.1. The monoisotopic (exact) mass is 331 g/mol. The molecule has 0 N–H and O–H groups in total. The van der Waals surface area contributed by atoms with Gasteiger partial charge in [0.1, 0.15) is 11.8 Å². The maximum atomic E-state index is 11.5. The van der Waals surface area contributed by atoms with Crippen LogP contribution in [0.4, 0.5) is 0 Å². The van der Waals surface area contributed by atoms with Crippen LogP contribution in [0, 0.1) is 0 Å². The molecule has 6 heteroatoms. The van der Waals surface area contributed by atoms with Gasteiger partial charge in [-0.15, -0.1) is 5.10 Å². The van der Waals surface area contributed by atoms with Gasteiger partial charge in [-0.05, 0) is 30.5 Å². The minimum atomic E-state index is -0.335. The normalized spacial score (nSPS) is 12.2. The maximum Gasteiger partial charge on any atom is 0.337 e. The van der Waals surface area contributed by atoms with E-state index >= 15 is 0 Å². The minimum Gasteiger partial charge on any atom is -0.465 e. The predicted octanol–water partition coefficient (Wildman–Crippen LogP) is 3.22. The maximum absolute atomic E-state index is 11.5. The van der Waals surface area contributed by atoms with Gasteiger partial charge in [-0.1, -0.05) is 37.6 Å². The Morgan fingerprint density at radius 2 is 1.96 bits per heavy atom. The molecule has 1 heterocycles. The van der Waals surface area contributed by atoms with Gasteiger partial charge < -0.3 is 9.47 Å². The molecule has 0 spiro atoms. The largest absolute Gasteiger partial charge is 0.465 e. The van der Waals surface area contributed by atoms with E-state index in [1.807, 2.05) is 23.9 Å². The Hall–Kier alpha value is -2.21. The number of nitrogens with zero attached hydrogens (tertiary/aromatic N) is 3. The first-order valence-electron chi connectivity index (χ1n) is 8.27. The summed E-state index contributed by atoms with van der Waals surface area (Å²) in [5.41, 5.74) is 3.59. The lowest BCUT2D eigenvalue weighted by molar-refractivity contribution is 0.0336. The predicted molar refractivity (Wildman–Crippen MR) is 90.6 cm³/mol. The summed E-state index contributed by atoms with van der Waals surface area (Å²) >= 11 is 0. The van der Waals surface area contributed by atoms with Gasteiger partial charge in [0.25, 0.3) is 0 Å². The van der Waals surface area contributed by atoms with Crippen LogP contribution in [0.15, 0.2) is 24.3 Å². The first-order chi connectivity index (χ1) is 11.6. The molecule has 1 aromatic heterocycles. The Kier molecular flexibility index (Phi) is 6.49. The van der Waals surface area contributed by atoms with Gasteiger partial charge in [0.15, 0.2) is 0 Å². The molecule has 6 nitrogen and oxygen atoms in total. The van der Waals surface area contributed by atoms with Crippen LogP contribution in [-0.4, -0.2) is 28.1 Å². The number of ether oxygens (including phenoxy) is 2. The molecule has 1 aromatic carbocycles. The molecule has 1 atom stereocenters. The standard InChI is InChI=1S/C18H25N3O3/c1-5-7-15-17(19-20-21(15)3)16(6-2)24-12-13-8-10-14(11-9-13)18(22)23-4/h8-11,16H,5-7,12H2,1-4H3. The van der Waals surface area contributed by atoms with E-state index < -0.39 is 0 Å². The molecular formula is C18H25N3O3. The fraction of sp³-hybridized carbons (Fsp3) is 0.500. The Labute approximate surface area is 142 Å². The summed E-state index contributed by atoms with van der Waals surface area (Å²) in [4.78, 5) is 11.5. The third kappa shape index (κ3) is 4.20. The number of aryl methyl sites for hydroxylation is 1. The van der Waals surface area contributed by atoms with Gasteiger partial charge in [-0.2, -0.15) is 0 Å². The third-order valence-corrected chi connectivity index (χ3v) is 3.96. The van der Waals surface area contributed by atoms with Crippen molar-refractivity contribution < 1.29 is 14.3 Å². The summed E-state index contributed by atoms with van der Waals surface area (Å²) in [5.74, 6) is -0.335. The molecule has 0 radical (unpaired) electrons. The van der Waals surface area contributed by atoms with Crippen LogP contribution < -0.4 is 0 Å². The highest BCUT2D eigenvalue weighted by atomic mass is 16.5. The summed E-state index contributed by atoms with van der Waals surface area (Å²) in [7, 11) is 3.29. The van der Waals surface area contributed by atoms with E-state index in [2.05, 4.69) is 24.2 Å². The highest BCUT2D eigenvalue weighted by molar-refractivity contribution is 5.89. The van der Waals surface area contributed by atoms with Crippen LogP contribution in [-0.2, 0) is 29.5 Å². The van der Waals surface area contributed by atoms with Gasteiger partial charge in [0, 0.05) is 7.05 Å². The second-order valence-corrected chi connectivity index (χ2v) is 5.69. The molecule has 2 aromatic rings. The van der Waals surface area contributed by atoms with Gasteiger partial charge in [-0.25, -0.2) is 4.79 Å². The van der Waals surface area contributed by atoms with Crippen LogP contribution in [0.25, 0.3) is 0 Å². The molecule has 24 heavy (non-hydrogen) atoms. The Morgan fingerprint density at radius 3 is 2.54 bits per heavy atom. The number of aromatic nitrogens is 3. The van der Waals surface area contributed by atoms with Crippen molar-refractivity contribution in [1.82, 2.24) is 15.0 Å². The molecule has 2 rings (SSSR count). The first kappa shape index (κ1) is 18.1. The zero-order valence-electron chi connectivity index (χ0n) is 14.8. The van der Waals surface area contributed by atoms with Crippen molar-refractivity contribution in [2.75, 3.05) is 7.11 Å². The zero-order valence-corrected chi connectivity index (χ0v) is 14.8. The summed E-state index contributed by atoms with van der Waals surface area (Å²) in [5, 5.41) is 8.43. The van der Waals surface area contributed by atoms with Gasteiger partial charge in [0.2, 0.25) is 0 Å². The molecule has 0 aliphatic heterocycles. The summed E-state index contributed by atoms with van der Waals surface area (Å²) in [6, 6.07) is 7.25. The summed E-state index contributed by atoms with van der Waals surface area (Å²) < 4.78 is 12.6. The van der Waals surface area contributed by atoms with Crippen molar-refractivity contribution in [3.8, 4) is 0 Å². The summed E-state index contributed by atoms with van der Waals surface area (Å²) in [6.07, 6.45) is 2.72. The Bertz CT molecular complexity index is 665. The molecule has 0 bridgehead atoms. The second-order valence-electron chi connectivity index (χ2n) is 5.69. The van der Waals surface area contributed by atoms with E-state index in [0.717, 1.165) is 36.2 Å². The zero-order chi connectivity index (χ0) is 17.5. The number of carbonyl (C=O) groups is 1. The van der Waals surface area contributed by atoms with Crippen molar-refractivity contribution in [3.05, 3.63) is 46.8 Å². The average molecular weight is 331 g/mol. The van der Waals surface area contributed by atoms with Crippen LogP contribution in [0.5, 0.6) is 0 Å². The van der Waals surface area contributed by atoms with E-state index in [-0.39, 0.29) is 12.1 Å². The number of esters is 1. The fourth-order valence-electron chi connectivity index (χ4n) is 2.61. The fourth-order valence-corrected chi connectivity index (χ4v) is 2.61. The number of hydrogen-bond acceptors (Lipinski definition) is 5. The first-order valence-corrected chi connectivity index (χ1v) is 8.27. The Morgan fingerprint density at radius 1 is 1.25 bits per heavy atom. The molecule has 0 aliphatic carbocycles. The average Bonchev–Trinajstić information content (AvgIpc) is 2.97. The topological polar surface area (TPSA) is 66.2 Å². The highest BCUT2D eigenvalue weighted by Gasteiger charge is 2.20. The Balaban J connectivity index is 2.05. The lowest BCUT2D eigenvalue weighted by Gasteiger charge is -2.16. The second kappa shape index (κ2) is 8.59. The molecular weight excluding hydrogens is 306 g/mol. The molecule has 1 unspecified atom stereocenters. The van der Waals surface area contributed by atoms with E-state index in [1.54, 1.807) is 12.1 Å². The molecule has 0 amide bonds. The smallest absolute Gasteiger partial charge is 0.337 e. The van der Waals surface area contributed by atoms with E-state index in [1.165, 1.54) is 7.11 Å². The van der Waals surface area contributed by atoms with Crippen molar-refractivity contribution in [2.45, 2.75) is 45.8 Å². The SMILES string of the molecule is CCCc1c(C(CC)OCc2ccc(C(=O)OC)cc2)nnn1C. The number of hydrogen-bond donors (Lipinski definition) is 0. The minimum absolute atomic E-state index is 0.0828. The van der Waals surface area contributed by atoms with Crippen LogP contribution in [0.2, 0.25) is 0 Å². The van der Waals surface area contributed by atoms with Crippen LogP contribution in [0.3, 0.4) is 0 Å². The summed E-state index contributed by atoms with van der Waals surface area (Å²) in [6.45, 7) is 4.68. The number of benzene rings is 1.